The van der Waals surface area contributed by atoms with Crippen molar-refractivity contribution in [1.82, 2.24) is 10.2 Å². The average molecular weight is 171 g/mol. The lowest BCUT2D eigenvalue weighted by molar-refractivity contribution is -0.119. The van der Waals surface area contributed by atoms with E-state index < -0.39 is 0 Å². The molecule has 3 N–H and O–H groups in total. The molecule has 0 radical (unpaired) electrons. The summed E-state index contributed by atoms with van der Waals surface area (Å²) in [5, 5.41) is 3.35. The first-order valence-electron chi connectivity index (χ1n) is 4.42. The first-order valence-corrected chi connectivity index (χ1v) is 4.42. The van der Waals surface area contributed by atoms with Gasteiger partial charge in [-0.05, 0) is 13.3 Å². The van der Waals surface area contributed by atoms with Crippen molar-refractivity contribution in [3.05, 3.63) is 0 Å². The molecule has 1 unspecified atom stereocenters. The number of amides is 1. The minimum atomic E-state index is -0.232. The third-order valence-electron chi connectivity index (χ3n) is 2.18. The van der Waals surface area contributed by atoms with Gasteiger partial charge >= 0.3 is 0 Å². The quantitative estimate of drug-likeness (QED) is 0.569. The Kier molecular flexibility index (Phi) is 3.49. The molecule has 1 heterocycles. The number of hydrogen-bond donors (Lipinski definition) is 2. The Morgan fingerprint density at radius 2 is 2.42 bits per heavy atom. The van der Waals surface area contributed by atoms with Gasteiger partial charge in [0, 0.05) is 25.7 Å². The zero-order valence-electron chi connectivity index (χ0n) is 7.55. The Balaban J connectivity index is 2.30. The molecule has 0 bridgehead atoms. The van der Waals surface area contributed by atoms with E-state index in [1.807, 2.05) is 0 Å². The first-order chi connectivity index (χ1) is 5.68. The average Bonchev–Trinajstić information content (AvgIpc) is 2.15. The van der Waals surface area contributed by atoms with Crippen LogP contribution in [0.1, 0.15) is 13.3 Å². The van der Waals surface area contributed by atoms with Crippen LogP contribution in [0.3, 0.4) is 0 Å². The van der Waals surface area contributed by atoms with Crippen molar-refractivity contribution in [3.8, 4) is 0 Å². The summed E-state index contributed by atoms with van der Waals surface area (Å²) in [7, 11) is 0. The first kappa shape index (κ1) is 9.48. The highest BCUT2D eigenvalue weighted by Gasteiger charge is 2.13. The Bertz CT molecular complexity index is 160. The number of nitrogens with two attached hydrogens (primary N) is 1. The van der Waals surface area contributed by atoms with E-state index in [0.717, 1.165) is 26.1 Å². The normalized spacial score (nSPS) is 26.6. The number of hydrogen-bond acceptors (Lipinski definition) is 3. The Morgan fingerprint density at radius 3 is 3.08 bits per heavy atom. The van der Waals surface area contributed by atoms with Crippen molar-refractivity contribution in [2.24, 2.45) is 5.73 Å². The van der Waals surface area contributed by atoms with E-state index in [0.29, 0.717) is 12.6 Å². The number of rotatable bonds is 2. The third-order valence-corrected chi connectivity index (χ3v) is 2.18. The van der Waals surface area contributed by atoms with E-state index in [1.165, 1.54) is 0 Å². The molecule has 4 nitrogen and oxygen atoms in total. The van der Waals surface area contributed by atoms with E-state index in [9.17, 15) is 4.79 Å². The lowest BCUT2D eigenvalue weighted by Gasteiger charge is -2.16. The minimum absolute atomic E-state index is 0.232. The molecule has 0 aromatic rings. The van der Waals surface area contributed by atoms with E-state index in [1.54, 1.807) is 0 Å². The van der Waals surface area contributed by atoms with Crippen LogP contribution < -0.4 is 11.1 Å². The van der Waals surface area contributed by atoms with Crippen LogP contribution in [0.5, 0.6) is 0 Å². The second-order valence-electron chi connectivity index (χ2n) is 3.39. The summed E-state index contributed by atoms with van der Waals surface area (Å²) < 4.78 is 0. The maximum absolute atomic E-state index is 10.6. The van der Waals surface area contributed by atoms with Crippen LogP contribution >= 0.6 is 0 Å². The SMILES string of the molecule is CC1CCN(CC(N)=O)CCN1. The summed E-state index contributed by atoms with van der Waals surface area (Å²) in [6.07, 6.45) is 1.09. The standard InChI is InChI=1S/C8H17N3O/c1-7-2-4-11(5-3-10-7)6-8(9)12/h7,10H,2-6H2,1H3,(H2,9,12). The molecule has 1 rings (SSSR count). The molecule has 1 amide bonds. The highest BCUT2D eigenvalue weighted by atomic mass is 16.1. The second-order valence-corrected chi connectivity index (χ2v) is 3.39. The zero-order valence-corrected chi connectivity index (χ0v) is 7.55. The number of nitrogens with one attached hydrogen (secondary N) is 1. The number of nitrogens with zero attached hydrogens (tertiary/aromatic N) is 1. The van der Waals surface area contributed by atoms with Gasteiger partial charge in [-0.25, -0.2) is 0 Å². The van der Waals surface area contributed by atoms with E-state index in [-0.39, 0.29) is 5.91 Å². The fraction of sp³-hybridized carbons (Fsp3) is 0.875. The second kappa shape index (κ2) is 4.42. The van der Waals surface area contributed by atoms with Gasteiger partial charge in [0.15, 0.2) is 0 Å². The van der Waals surface area contributed by atoms with Crippen LogP contribution in [0.2, 0.25) is 0 Å². The number of primary amides is 1. The van der Waals surface area contributed by atoms with Gasteiger partial charge in [0.25, 0.3) is 0 Å². The number of carbonyl (C=O) groups is 1. The highest BCUT2D eigenvalue weighted by Crippen LogP contribution is 1.99. The molecule has 0 aromatic carbocycles. The summed E-state index contributed by atoms with van der Waals surface area (Å²) >= 11 is 0. The van der Waals surface area contributed by atoms with Crippen LogP contribution in [0, 0.1) is 0 Å². The molecule has 4 heteroatoms. The highest BCUT2D eigenvalue weighted by molar-refractivity contribution is 5.75. The zero-order chi connectivity index (χ0) is 8.97. The maximum atomic E-state index is 10.6. The molecule has 1 aliphatic heterocycles. The lowest BCUT2D eigenvalue weighted by Crippen LogP contribution is -2.36. The van der Waals surface area contributed by atoms with Gasteiger partial charge < -0.3 is 11.1 Å². The fourth-order valence-electron chi connectivity index (χ4n) is 1.44. The van der Waals surface area contributed by atoms with Gasteiger partial charge in [0.1, 0.15) is 0 Å². The predicted octanol–water partition coefficient (Wildman–Crippen LogP) is -0.844. The molecule has 1 fully saturated rings. The van der Waals surface area contributed by atoms with Crippen molar-refractivity contribution in [2.75, 3.05) is 26.2 Å². The number of carbonyl (C=O) groups excluding carboxylic acids is 1. The molecular formula is C8H17N3O. The molecule has 1 atom stereocenters. The van der Waals surface area contributed by atoms with Crippen molar-refractivity contribution >= 4 is 5.91 Å². The van der Waals surface area contributed by atoms with Crippen LogP contribution in [0.4, 0.5) is 0 Å². The minimum Gasteiger partial charge on any atom is -0.369 e. The summed E-state index contributed by atoms with van der Waals surface area (Å²) in [4.78, 5) is 12.7. The van der Waals surface area contributed by atoms with Crippen LogP contribution in [0.25, 0.3) is 0 Å². The van der Waals surface area contributed by atoms with Crippen molar-refractivity contribution in [1.29, 1.82) is 0 Å². The molecule has 70 valence electrons. The van der Waals surface area contributed by atoms with Gasteiger partial charge in [-0.2, -0.15) is 0 Å². The van der Waals surface area contributed by atoms with Gasteiger partial charge in [0.05, 0.1) is 6.54 Å². The molecule has 12 heavy (non-hydrogen) atoms. The summed E-state index contributed by atoms with van der Waals surface area (Å²) in [6, 6.07) is 0.558. The third kappa shape index (κ3) is 3.19. The topological polar surface area (TPSA) is 58.4 Å². The van der Waals surface area contributed by atoms with Crippen molar-refractivity contribution < 1.29 is 4.79 Å². The molecule has 1 aliphatic rings. The van der Waals surface area contributed by atoms with E-state index in [2.05, 4.69) is 17.1 Å². The molecule has 0 aromatic heterocycles. The Hall–Kier alpha value is -0.610. The van der Waals surface area contributed by atoms with Gasteiger partial charge in [-0.1, -0.05) is 0 Å². The predicted molar refractivity (Wildman–Crippen MR) is 47.7 cm³/mol. The Labute approximate surface area is 73.1 Å². The maximum Gasteiger partial charge on any atom is 0.231 e. The van der Waals surface area contributed by atoms with E-state index >= 15 is 0 Å². The van der Waals surface area contributed by atoms with Crippen LogP contribution in [0.15, 0.2) is 0 Å². The molecule has 0 spiro atoms. The molecule has 1 saturated heterocycles. The van der Waals surface area contributed by atoms with E-state index in [4.69, 9.17) is 5.73 Å². The van der Waals surface area contributed by atoms with Crippen LogP contribution in [-0.2, 0) is 4.79 Å². The summed E-state index contributed by atoms with van der Waals surface area (Å²) in [5.41, 5.74) is 5.11. The van der Waals surface area contributed by atoms with Crippen molar-refractivity contribution in [2.45, 2.75) is 19.4 Å². The molecule has 0 saturated carbocycles. The largest absolute Gasteiger partial charge is 0.369 e. The fourth-order valence-corrected chi connectivity index (χ4v) is 1.44. The summed E-state index contributed by atoms with van der Waals surface area (Å²) in [5.74, 6) is -0.232. The lowest BCUT2D eigenvalue weighted by atomic mass is 10.2. The molecule has 0 aliphatic carbocycles. The smallest absolute Gasteiger partial charge is 0.231 e. The van der Waals surface area contributed by atoms with Crippen molar-refractivity contribution in [3.63, 3.8) is 0 Å². The van der Waals surface area contributed by atoms with Gasteiger partial charge in [-0.3, -0.25) is 9.69 Å². The van der Waals surface area contributed by atoms with Gasteiger partial charge in [0.2, 0.25) is 5.91 Å². The van der Waals surface area contributed by atoms with Crippen LogP contribution in [-0.4, -0.2) is 43.0 Å². The monoisotopic (exact) mass is 171 g/mol. The Morgan fingerprint density at radius 1 is 1.67 bits per heavy atom. The molecular weight excluding hydrogens is 154 g/mol. The summed E-state index contributed by atoms with van der Waals surface area (Å²) in [6.45, 7) is 5.40. The van der Waals surface area contributed by atoms with Gasteiger partial charge in [-0.15, -0.1) is 0 Å².